The molecule has 0 aromatic carbocycles. The molecule has 2 aliphatic heterocycles. The minimum atomic E-state index is -0.247. The molecule has 0 saturated carbocycles. The van der Waals surface area contributed by atoms with Crippen molar-refractivity contribution in [3.8, 4) is 0 Å². The maximum Gasteiger partial charge on any atom is 0.243 e. The van der Waals surface area contributed by atoms with Crippen LogP contribution in [0, 0.1) is 0 Å². The molecule has 102 valence electrons. The number of rotatable bonds is 3. The van der Waals surface area contributed by atoms with Crippen molar-refractivity contribution in [2.45, 2.75) is 57.7 Å². The van der Waals surface area contributed by atoms with Gasteiger partial charge in [-0.05, 0) is 46.2 Å². The highest BCUT2D eigenvalue weighted by molar-refractivity contribution is 5.91. The molecular formula is C13H23N3O2. The first-order chi connectivity index (χ1) is 8.59. The second-order valence-electron chi connectivity index (χ2n) is 5.50. The van der Waals surface area contributed by atoms with Crippen LogP contribution in [0.15, 0.2) is 0 Å². The second kappa shape index (κ2) is 5.69. The van der Waals surface area contributed by atoms with E-state index in [1.165, 1.54) is 0 Å². The van der Waals surface area contributed by atoms with Gasteiger partial charge in [0.05, 0.1) is 0 Å². The lowest BCUT2D eigenvalue weighted by atomic mass is 10.0. The van der Waals surface area contributed by atoms with E-state index in [0.29, 0.717) is 12.8 Å². The van der Waals surface area contributed by atoms with Gasteiger partial charge in [-0.2, -0.15) is 0 Å². The Hall–Kier alpha value is -1.10. The third-order valence-electron chi connectivity index (χ3n) is 3.69. The van der Waals surface area contributed by atoms with Gasteiger partial charge in [-0.1, -0.05) is 0 Å². The van der Waals surface area contributed by atoms with Crippen molar-refractivity contribution >= 4 is 11.8 Å². The number of hydrogen-bond donors (Lipinski definition) is 2. The smallest absolute Gasteiger partial charge is 0.243 e. The van der Waals surface area contributed by atoms with E-state index in [0.717, 1.165) is 25.9 Å². The number of amides is 2. The van der Waals surface area contributed by atoms with Crippen LogP contribution in [0.1, 0.15) is 39.5 Å². The van der Waals surface area contributed by atoms with Crippen molar-refractivity contribution < 1.29 is 9.59 Å². The fourth-order valence-corrected chi connectivity index (χ4v) is 2.88. The number of nitrogens with one attached hydrogen (secondary N) is 2. The van der Waals surface area contributed by atoms with Crippen LogP contribution in [0.5, 0.6) is 0 Å². The molecule has 2 saturated heterocycles. The van der Waals surface area contributed by atoms with Gasteiger partial charge in [0.2, 0.25) is 11.8 Å². The van der Waals surface area contributed by atoms with Crippen molar-refractivity contribution in [1.29, 1.82) is 0 Å². The summed E-state index contributed by atoms with van der Waals surface area (Å²) in [4.78, 5) is 26.0. The number of likely N-dealkylation sites (tertiary alicyclic amines) is 1. The van der Waals surface area contributed by atoms with Crippen molar-refractivity contribution in [3.63, 3.8) is 0 Å². The fourth-order valence-electron chi connectivity index (χ4n) is 2.88. The van der Waals surface area contributed by atoms with Crippen LogP contribution in [-0.4, -0.2) is 47.9 Å². The molecule has 5 heteroatoms. The monoisotopic (exact) mass is 253 g/mol. The Morgan fingerprint density at radius 1 is 1.33 bits per heavy atom. The summed E-state index contributed by atoms with van der Waals surface area (Å²) in [6.07, 6.45) is 3.09. The number of nitrogens with zero attached hydrogens (tertiary/aromatic N) is 1. The minimum absolute atomic E-state index is 0.00869. The van der Waals surface area contributed by atoms with Gasteiger partial charge in [-0.25, -0.2) is 0 Å². The number of carbonyl (C=O) groups is 2. The lowest BCUT2D eigenvalue weighted by Gasteiger charge is -2.35. The topological polar surface area (TPSA) is 61.4 Å². The van der Waals surface area contributed by atoms with Crippen molar-refractivity contribution in [2.75, 3.05) is 13.1 Å². The Labute approximate surface area is 108 Å². The first-order valence-corrected chi connectivity index (χ1v) is 6.92. The zero-order valence-corrected chi connectivity index (χ0v) is 11.2. The van der Waals surface area contributed by atoms with E-state index in [4.69, 9.17) is 0 Å². The Bertz CT molecular complexity index is 324. The predicted octanol–water partition coefficient (Wildman–Crippen LogP) is 0.254. The van der Waals surface area contributed by atoms with E-state index in [2.05, 4.69) is 10.6 Å². The summed E-state index contributed by atoms with van der Waals surface area (Å²) in [5, 5.41) is 6.22. The van der Waals surface area contributed by atoms with Crippen LogP contribution in [0.2, 0.25) is 0 Å². The first-order valence-electron chi connectivity index (χ1n) is 6.92. The molecule has 2 aliphatic rings. The van der Waals surface area contributed by atoms with Gasteiger partial charge < -0.3 is 15.5 Å². The molecule has 2 rings (SSSR count). The maximum atomic E-state index is 12.1. The normalized spacial score (nSPS) is 25.8. The van der Waals surface area contributed by atoms with Crippen LogP contribution >= 0.6 is 0 Å². The van der Waals surface area contributed by atoms with E-state index in [-0.39, 0.29) is 29.9 Å². The lowest BCUT2D eigenvalue weighted by molar-refractivity contribution is -0.138. The summed E-state index contributed by atoms with van der Waals surface area (Å²) in [7, 11) is 0. The van der Waals surface area contributed by atoms with Gasteiger partial charge in [-0.3, -0.25) is 9.59 Å². The van der Waals surface area contributed by atoms with Crippen molar-refractivity contribution in [3.05, 3.63) is 0 Å². The summed E-state index contributed by atoms with van der Waals surface area (Å²) in [6, 6.07) is 0.121. The van der Waals surface area contributed by atoms with E-state index < -0.39 is 0 Å². The largest absolute Gasteiger partial charge is 0.352 e. The molecule has 0 aromatic rings. The molecule has 0 bridgehead atoms. The second-order valence-corrected chi connectivity index (χ2v) is 5.50. The average Bonchev–Trinajstić information content (AvgIpc) is 2.71. The molecule has 18 heavy (non-hydrogen) atoms. The van der Waals surface area contributed by atoms with Crippen LogP contribution in [-0.2, 0) is 9.59 Å². The quantitative estimate of drug-likeness (QED) is 0.758. The van der Waals surface area contributed by atoms with Crippen LogP contribution in [0.25, 0.3) is 0 Å². The summed E-state index contributed by atoms with van der Waals surface area (Å²) >= 11 is 0. The predicted molar refractivity (Wildman–Crippen MR) is 69.0 cm³/mol. The van der Waals surface area contributed by atoms with Gasteiger partial charge in [0.15, 0.2) is 0 Å². The molecule has 0 aromatic heterocycles. The van der Waals surface area contributed by atoms with E-state index >= 15 is 0 Å². The molecule has 0 spiro atoms. The number of hydrogen-bond acceptors (Lipinski definition) is 3. The lowest BCUT2D eigenvalue weighted by Crippen LogP contribution is -2.53. The number of piperidine rings is 1. The average molecular weight is 253 g/mol. The molecule has 2 N–H and O–H groups in total. The SMILES string of the molecule is CC(C)NC(=O)[C@@H]1CCC(=O)N1C1CCNCC1. The summed E-state index contributed by atoms with van der Waals surface area (Å²) in [5.41, 5.74) is 0. The van der Waals surface area contributed by atoms with E-state index in [9.17, 15) is 9.59 Å². The first kappa shape index (κ1) is 13.3. The third-order valence-corrected chi connectivity index (χ3v) is 3.69. The highest BCUT2D eigenvalue weighted by Crippen LogP contribution is 2.25. The zero-order valence-electron chi connectivity index (χ0n) is 11.2. The molecule has 2 heterocycles. The van der Waals surface area contributed by atoms with Crippen LogP contribution in [0.3, 0.4) is 0 Å². The Balaban J connectivity index is 2.04. The molecule has 2 fully saturated rings. The fraction of sp³-hybridized carbons (Fsp3) is 0.846. The molecule has 2 amide bonds. The molecule has 1 atom stereocenters. The summed E-state index contributed by atoms with van der Waals surface area (Å²) in [6.45, 7) is 5.77. The minimum Gasteiger partial charge on any atom is -0.352 e. The van der Waals surface area contributed by atoms with Crippen molar-refractivity contribution in [1.82, 2.24) is 15.5 Å². The van der Waals surface area contributed by atoms with Gasteiger partial charge in [0, 0.05) is 18.5 Å². The van der Waals surface area contributed by atoms with Crippen LogP contribution < -0.4 is 10.6 Å². The van der Waals surface area contributed by atoms with Gasteiger partial charge in [0.1, 0.15) is 6.04 Å². The molecule has 0 unspecified atom stereocenters. The molecular weight excluding hydrogens is 230 g/mol. The summed E-state index contributed by atoms with van der Waals surface area (Å²) < 4.78 is 0. The van der Waals surface area contributed by atoms with E-state index in [1.807, 2.05) is 18.7 Å². The highest BCUT2D eigenvalue weighted by Gasteiger charge is 2.40. The highest BCUT2D eigenvalue weighted by atomic mass is 16.2. The Morgan fingerprint density at radius 3 is 2.61 bits per heavy atom. The Morgan fingerprint density at radius 2 is 2.00 bits per heavy atom. The number of carbonyl (C=O) groups excluding carboxylic acids is 2. The molecule has 0 aliphatic carbocycles. The summed E-state index contributed by atoms with van der Waals surface area (Å²) in [5.74, 6) is 0.153. The standard InChI is InChI=1S/C13H23N3O2/c1-9(2)15-13(18)11-3-4-12(17)16(11)10-5-7-14-8-6-10/h9-11,14H,3-8H2,1-2H3,(H,15,18)/t11-/m0/s1. The molecule has 0 radical (unpaired) electrons. The van der Waals surface area contributed by atoms with Gasteiger partial charge in [0.25, 0.3) is 0 Å². The molecule has 5 nitrogen and oxygen atoms in total. The maximum absolute atomic E-state index is 12.1. The Kier molecular flexibility index (Phi) is 4.22. The third kappa shape index (κ3) is 2.83. The van der Waals surface area contributed by atoms with Crippen LogP contribution in [0.4, 0.5) is 0 Å². The van der Waals surface area contributed by atoms with E-state index in [1.54, 1.807) is 0 Å². The van der Waals surface area contributed by atoms with Crippen molar-refractivity contribution in [2.24, 2.45) is 0 Å². The van der Waals surface area contributed by atoms with Gasteiger partial charge >= 0.3 is 0 Å². The zero-order chi connectivity index (χ0) is 13.1. The van der Waals surface area contributed by atoms with Gasteiger partial charge in [-0.15, -0.1) is 0 Å².